The minimum absolute atomic E-state index is 0.0779. The van der Waals surface area contributed by atoms with E-state index in [1.54, 1.807) is 6.92 Å². The van der Waals surface area contributed by atoms with Gasteiger partial charge in [0.1, 0.15) is 0 Å². The minimum atomic E-state index is 0.0779. The summed E-state index contributed by atoms with van der Waals surface area (Å²) in [5.74, 6) is 0.0779. The topological polar surface area (TPSA) is 32.3 Å². The number of carbonyl (C=O) groups excluding carboxylic acids is 1. The lowest BCUT2D eigenvalue weighted by atomic mass is 9.63. The summed E-state index contributed by atoms with van der Waals surface area (Å²) in [6, 6.07) is 9.76. The van der Waals surface area contributed by atoms with Crippen LogP contribution in [0.3, 0.4) is 0 Å². The monoisotopic (exact) mass is 366 g/mol. The van der Waals surface area contributed by atoms with Crippen LogP contribution in [-0.4, -0.2) is 29.9 Å². The third-order valence-electron chi connectivity index (χ3n) is 7.31. The fraction of sp³-hybridized carbons (Fsp3) is 0.625. The van der Waals surface area contributed by atoms with E-state index in [0.29, 0.717) is 11.5 Å². The number of hydrogen-bond acceptors (Lipinski definition) is 2. The Balaban J connectivity index is 1.50. The van der Waals surface area contributed by atoms with Crippen LogP contribution in [0.5, 0.6) is 0 Å². The number of fused-ring (bicyclic) bond motifs is 2. The molecule has 2 aliphatic carbocycles. The van der Waals surface area contributed by atoms with E-state index in [0.717, 1.165) is 6.42 Å². The zero-order valence-electron chi connectivity index (χ0n) is 16.8. The predicted octanol–water partition coefficient (Wildman–Crippen LogP) is 4.88. The number of carbonyl (C=O) groups is 1. The summed E-state index contributed by atoms with van der Waals surface area (Å²) in [7, 11) is 0. The van der Waals surface area contributed by atoms with E-state index in [4.69, 9.17) is 0 Å². The van der Waals surface area contributed by atoms with Crippen LogP contribution in [0.15, 0.2) is 36.4 Å². The molecule has 2 fully saturated rings. The van der Waals surface area contributed by atoms with E-state index < -0.39 is 0 Å². The van der Waals surface area contributed by atoms with E-state index in [-0.39, 0.29) is 11.9 Å². The quantitative estimate of drug-likeness (QED) is 0.597. The minimum Gasteiger partial charge on any atom is -0.350 e. The molecule has 0 unspecified atom stereocenters. The van der Waals surface area contributed by atoms with Gasteiger partial charge >= 0.3 is 0 Å². The van der Waals surface area contributed by atoms with E-state index in [2.05, 4.69) is 41.1 Å². The zero-order chi connectivity index (χ0) is 18.9. The van der Waals surface area contributed by atoms with Crippen molar-refractivity contribution in [2.75, 3.05) is 13.1 Å². The average Bonchev–Trinajstić information content (AvgIpc) is 2.89. The van der Waals surface area contributed by atoms with Crippen molar-refractivity contribution in [2.24, 2.45) is 0 Å². The van der Waals surface area contributed by atoms with Gasteiger partial charge in [0.15, 0.2) is 0 Å². The maximum atomic E-state index is 11.6. The number of amides is 1. The lowest BCUT2D eigenvalue weighted by Gasteiger charge is -2.49. The molecule has 3 heteroatoms. The summed E-state index contributed by atoms with van der Waals surface area (Å²) >= 11 is 0. The molecule has 1 saturated heterocycles. The molecule has 1 saturated carbocycles. The number of nitrogens with zero attached hydrogens (tertiary/aromatic N) is 1. The zero-order valence-corrected chi connectivity index (χ0v) is 16.8. The Morgan fingerprint density at radius 3 is 2.70 bits per heavy atom. The fourth-order valence-corrected chi connectivity index (χ4v) is 5.83. The SMILES string of the molecule is C=C1CCCC[C@@H](N2CCC3(CC[C@H](NC(C)=O)c4ccccc43)CC2)C1. The number of likely N-dealkylation sites (tertiary alicyclic amines) is 1. The van der Waals surface area contributed by atoms with Crippen LogP contribution in [0.1, 0.15) is 81.9 Å². The molecule has 146 valence electrons. The molecule has 2 atom stereocenters. The van der Waals surface area contributed by atoms with Crippen molar-refractivity contribution in [3.63, 3.8) is 0 Å². The standard InChI is InChI=1S/C24H34N2O/c1-18-7-3-4-8-20(17-18)26-15-13-24(14-16-26)12-11-23(25-19(2)27)21-9-5-6-10-22(21)24/h5-6,9-10,20,23H,1,3-4,7-8,11-17H2,2H3,(H,25,27)/t20-,23+/m1/s1. The first-order valence-electron chi connectivity index (χ1n) is 10.8. The van der Waals surface area contributed by atoms with Crippen molar-refractivity contribution >= 4 is 5.91 Å². The van der Waals surface area contributed by atoms with Crippen molar-refractivity contribution in [2.45, 2.75) is 82.2 Å². The molecular formula is C24H34N2O. The second-order valence-corrected chi connectivity index (χ2v) is 9.05. The number of nitrogens with one attached hydrogen (secondary N) is 1. The van der Waals surface area contributed by atoms with Crippen LogP contribution in [0.4, 0.5) is 0 Å². The van der Waals surface area contributed by atoms with Gasteiger partial charge in [-0.1, -0.05) is 42.8 Å². The smallest absolute Gasteiger partial charge is 0.217 e. The Bertz CT molecular complexity index is 702. The van der Waals surface area contributed by atoms with Gasteiger partial charge in [-0.25, -0.2) is 0 Å². The van der Waals surface area contributed by atoms with Crippen LogP contribution in [0.2, 0.25) is 0 Å². The van der Waals surface area contributed by atoms with Gasteiger partial charge < -0.3 is 10.2 Å². The number of piperidine rings is 1. The maximum absolute atomic E-state index is 11.6. The first kappa shape index (κ1) is 18.7. The molecule has 0 radical (unpaired) electrons. The van der Waals surface area contributed by atoms with Crippen LogP contribution in [0, 0.1) is 0 Å². The number of rotatable bonds is 2. The molecule has 3 nitrogen and oxygen atoms in total. The van der Waals surface area contributed by atoms with Gasteiger partial charge in [-0.2, -0.15) is 0 Å². The van der Waals surface area contributed by atoms with Gasteiger partial charge in [0.05, 0.1) is 6.04 Å². The van der Waals surface area contributed by atoms with Crippen LogP contribution in [-0.2, 0) is 10.2 Å². The molecular weight excluding hydrogens is 332 g/mol. The Hall–Kier alpha value is -1.61. The highest BCUT2D eigenvalue weighted by atomic mass is 16.1. The second-order valence-electron chi connectivity index (χ2n) is 9.05. The maximum Gasteiger partial charge on any atom is 0.217 e. The molecule has 27 heavy (non-hydrogen) atoms. The molecule has 4 rings (SSSR count). The van der Waals surface area contributed by atoms with Crippen molar-refractivity contribution < 1.29 is 4.79 Å². The van der Waals surface area contributed by atoms with Crippen molar-refractivity contribution in [3.05, 3.63) is 47.5 Å². The van der Waals surface area contributed by atoms with Gasteiger partial charge in [0.25, 0.3) is 0 Å². The molecule has 1 aromatic rings. The molecule has 1 amide bonds. The summed E-state index contributed by atoms with van der Waals surface area (Å²) < 4.78 is 0. The summed E-state index contributed by atoms with van der Waals surface area (Å²) in [6.07, 6.45) is 11.2. The Morgan fingerprint density at radius 1 is 1.15 bits per heavy atom. The third-order valence-corrected chi connectivity index (χ3v) is 7.31. The highest BCUT2D eigenvalue weighted by Gasteiger charge is 2.42. The molecule has 1 spiro atoms. The summed E-state index contributed by atoms with van der Waals surface area (Å²) in [4.78, 5) is 14.4. The van der Waals surface area contributed by atoms with E-state index in [9.17, 15) is 4.79 Å². The molecule has 0 bridgehead atoms. The van der Waals surface area contributed by atoms with Crippen LogP contribution in [0.25, 0.3) is 0 Å². The highest BCUT2D eigenvalue weighted by molar-refractivity contribution is 5.73. The second kappa shape index (κ2) is 7.79. The molecule has 1 N–H and O–H groups in total. The highest BCUT2D eigenvalue weighted by Crippen LogP contribution is 2.48. The summed E-state index contributed by atoms with van der Waals surface area (Å²) in [5, 5.41) is 3.17. The molecule has 1 aromatic carbocycles. The first-order chi connectivity index (χ1) is 13.1. The molecule has 1 aliphatic heterocycles. The van der Waals surface area contributed by atoms with Crippen molar-refractivity contribution in [1.82, 2.24) is 10.2 Å². The largest absolute Gasteiger partial charge is 0.350 e. The van der Waals surface area contributed by atoms with Gasteiger partial charge in [-0.3, -0.25) is 4.79 Å². The molecule has 1 heterocycles. The van der Waals surface area contributed by atoms with Crippen molar-refractivity contribution in [1.29, 1.82) is 0 Å². The van der Waals surface area contributed by atoms with E-state index >= 15 is 0 Å². The molecule has 3 aliphatic rings. The normalized spacial score (nSPS) is 28.4. The van der Waals surface area contributed by atoms with E-state index in [1.807, 2.05) is 0 Å². The van der Waals surface area contributed by atoms with Crippen LogP contribution < -0.4 is 5.32 Å². The Labute approximate surface area is 164 Å². The number of hydrogen-bond donors (Lipinski definition) is 1. The first-order valence-corrected chi connectivity index (χ1v) is 10.8. The predicted molar refractivity (Wildman–Crippen MR) is 111 cm³/mol. The van der Waals surface area contributed by atoms with Crippen molar-refractivity contribution in [3.8, 4) is 0 Å². The van der Waals surface area contributed by atoms with E-state index in [1.165, 1.54) is 81.2 Å². The lowest BCUT2D eigenvalue weighted by molar-refractivity contribution is -0.119. The van der Waals surface area contributed by atoms with Gasteiger partial charge in [0, 0.05) is 13.0 Å². The third kappa shape index (κ3) is 3.85. The van der Waals surface area contributed by atoms with Gasteiger partial charge in [-0.15, -0.1) is 0 Å². The lowest BCUT2D eigenvalue weighted by Crippen LogP contribution is -2.49. The van der Waals surface area contributed by atoms with Gasteiger partial charge in [0.2, 0.25) is 5.91 Å². The average molecular weight is 367 g/mol. The summed E-state index contributed by atoms with van der Waals surface area (Å²) in [5.41, 5.74) is 4.62. The molecule has 0 aromatic heterocycles. The van der Waals surface area contributed by atoms with Crippen LogP contribution >= 0.6 is 0 Å². The summed E-state index contributed by atoms with van der Waals surface area (Å²) in [6.45, 7) is 8.35. The Morgan fingerprint density at radius 2 is 1.93 bits per heavy atom. The number of benzene rings is 1. The van der Waals surface area contributed by atoms with Gasteiger partial charge in [-0.05, 0) is 81.0 Å². The Kier molecular flexibility index (Phi) is 5.41. The fourth-order valence-electron chi connectivity index (χ4n) is 5.83.